The molecule has 0 atom stereocenters. The summed E-state index contributed by atoms with van der Waals surface area (Å²) in [6.07, 6.45) is 14.9. The molecule has 1 fully saturated rings. The van der Waals surface area contributed by atoms with Crippen LogP contribution in [0.4, 0.5) is 0 Å². The Labute approximate surface area is 83.4 Å². The maximum atomic E-state index is 2.37. The highest BCUT2D eigenvalue weighted by molar-refractivity contribution is 4.85. The van der Waals surface area contributed by atoms with Crippen LogP contribution in [-0.4, -0.2) is 0 Å². The summed E-state index contributed by atoms with van der Waals surface area (Å²) in [6, 6.07) is 0. The van der Waals surface area contributed by atoms with Gasteiger partial charge in [0.25, 0.3) is 0 Å². The molecule has 1 saturated carbocycles. The average molecular weight is 180 g/mol. The molecule has 0 bridgehead atoms. The molecule has 0 N–H and O–H groups in total. The molecule has 0 aromatic heterocycles. The number of rotatable bonds is 4. The molecule has 0 radical (unpaired) electrons. The largest absolute Gasteiger partial charge is 0.0883 e. The minimum Gasteiger partial charge on any atom is -0.0883 e. The molecule has 0 aliphatic heterocycles. The first-order chi connectivity index (χ1) is 6.29. The van der Waals surface area contributed by atoms with Crippen molar-refractivity contribution in [2.75, 3.05) is 0 Å². The Hall–Kier alpha value is -0.260. The van der Waals surface area contributed by atoms with Gasteiger partial charge < -0.3 is 0 Å². The Morgan fingerprint density at radius 1 is 1.15 bits per heavy atom. The van der Waals surface area contributed by atoms with E-state index in [0.717, 1.165) is 11.8 Å². The topological polar surface area (TPSA) is 0 Å². The fraction of sp³-hybridized carbons (Fsp3) is 0.846. The molecule has 76 valence electrons. The lowest BCUT2D eigenvalue weighted by Gasteiger charge is -2.20. The second-order valence-corrected chi connectivity index (χ2v) is 4.75. The van der Waals surface area contributed by atoms with Crippen molar-refractivity contribution in [3.8, 4) is 0 Å². The van der Waals surface area contributed by atoms with Crippen LogP contribution in [0.5, 0.6) is 0 Å². The predicted molar refractivity (Wildman–Crippen MR) is 59.8 cm³/mol. The Morgan fingerprint density at radius 3 is 2.46 bits per heavy atom. The summed E-state index contributed by atoms with van der Waals surface area (Å²) in [5, 5.41) is 0. The average Bonchev–Trinajstić information content (AvgIpc) is 2.14. The van der Waals surface area contributed by atoms with Gasteiger partial charge >= 0.3 is 0 Å². The van der Waals surface area contributed by atoms with Crippen molar-refractivity contribution in [1.29, 1.82) is 0 Å². The van der Waals surface area contributed by atoms with E-state index in [9.17, 15) is 0 Å². The van der Waals surface area contributed by atoms with Gasteiger partial charge in [-0.3, -0.25) is 0 Å². The Balaban J connectivity index is 2.04. The van der Waals surface area contributed by atoms with Gasteiger partial charge in [-0.25, -0.2) is 0 Å². The van der Waals surface area contributed by atoms with Crippen LogP contribution in [0.15, 0.2) is 12.2 Å². The zero-order valence-electron chi connectivity index (χ0n) is 9.26. The molecule has 0 aromatic rings. The first kappa shape index (κ1) is 10.8. The third kappa shape index (κ3) is 5.13. The van der Waals surface area contributed by atoms with Gasteiger partial charge in [-0.1, -0.05) is 58.1 Å². The molecular weight excluding hydrogens is 156 g/mol. The molecule has 0 nitrogen and oxygen atoms in total. The minimum absolute atomic E-state index is 0.728. The lowest BCUT2D eigenvalue weighted by molar-refractivity contribution is 0.341. The summed E-state index contributed by atoms with van der Waals surface area (Å²) in [6.45, 7) is 4.49. The molecule has 13 heavy (non-hydrogen) atoms. The van der Waals surface area contributed by atoms with Crippen molar-refractivity contribution in [1.82, 2.24) is 0 Å². The van der Waals surface area contributed by atoms with Gasteiger partial charge in [-0.2, -0.15) is 0 Å². The van der Waals surface area contributed by atoms with Crippen molar-refractivity contribution in [3.05, 3.63) is 12.2 Å². The first-order valence-electron chi connectivity index (χ1n) is 5.95. The monoisotopic (exact) mass is 180 g/mol. The Kier molecular flexibility index (Phi) is 5.19. The zero-order valence-corrected chi connectivity index (χ0v) is 9.26. The van der Waals surface area contributed by atoms with Gasteiger partial charge in [0.15, 0.2) is 0 Å². The van der Waals surface area contributed by atoms with E-state index in [4.69, 9.17) is 0 Å². The van der Waals surface area contributed by atoms with E-state index in [1.54, 1.807) is 0 Å². The molecule has 0 unspecified atom stereocenters. The zero-order chi connectivity index (χ0) is 9.52. The third-order valence-corrected chi connectivity index (χ3v) is 2.99. The maximum absolute atomic E-state index is 2.37. The normalized spacial score (nSPS) is 20.2. The van der Waals surface area contributed by atoms with Crippen LogP contribution in [0.25, 0.3) is 0 Å². The fourth-order valence-corrected chi connectivity index (χ4v) is 2.18. The van der Waals surface area contributed by atoms with Crippen molar-refractivity contribution < 1.29 is 0 Å². The molecule has 1 rings (SSSR count). The van der Waals surface area contributed by atoms with E-state index in [1.807, 2.05) is 0 Å². The van der Waals surface area contributed by atoms with Crippen LogP contribution in [0.1, 0.15) is 58.8 Å². The van der Waals surface area contributed by atoms with Crippen molar-refractivity contribution in [3.63, 3.8) is 0 Å². The summed E-state index contributed by atoms with van der Waals surface area (Å²) in [5.41, 5.74) is 0. The minimum atomic E-state index is 0.728. The standard InChI is InChI=1S/C13H24/c1-12(2)8-6-7-11-13-9-4-3-5-10-13/h6,8,12-13H,3-5,7,9-11H2,1-2H3/b8-6+. The van der Waals surface area contributed by atoms with E-state index in [-0.39, 0.29) is 0 Å². The third-order valence-electron chi connectivity index (χ3n) is 2.99. The SMILES string of the molecule is CC(C)/C=C/CCC1CCCCC1. The molecule has 0 aromatic carbocycles. The number of hydrogen-bond acceptors (Lipinski definition) is 0. The molecule has 1 aliphatic carbocycles. The fourth-order valence-electron chi connectivity index (χ4n) is 2.18. The van der Waals surface area contributed by atoms with Crippen LogP contribution in [0, 0.1) is 11.8 Å². The second kappa shape index (κ2) is 6.23. The first-order valence-corrected chi connectivity index (χ1v) is 5.95. The summed E-state index contributed by atoms with van der Waals surface area (Å²) < 4.78 is 0. The maximum Gasteiger partial charge on any atom is -0.0290 e. The van der Waals surface area contributed by atoms with E-state index in [1.165, 1.54) is 44.9 Å². The van der Waals surface area contributed by atoms with Crippen LogP contribution in [0.2, 0.25) is 0 Å². The molecule has 0 saturated heterocycles. The highest BCUT2D eigenvalue weighted by Gasteiger charge is 2.11. The number of allylic oxidation sites excluding steroid dienone is 2. The lowest BCUT2D eigenvalue weighted by Crippen LogP contribution is -2.05. The van der Waals surface area contributed by atoms with Crippen LogP contribution >= 0.6 is 0 Å². The van der Waals surface area contributed by atoms with Crippen LogP contribution < -0.4 is 0 Å². The Bertz CT molecular complexity index is 138. The molecular formula is C13H24. The summed E-state index contributed by atoms with van der Waals surface area (Å²) in [7, 11) is 0. The van der Waals surface area contributed by atoms with E-state index in [0.29, 0.717) is 0 Å². The summed E-state index contributed by atoms with van der Waals surface area (Å²) in [4.78, 5) is 0. The predicted octanol–water partition coefficient (Wildman–Crippen LogP) is 4.56. The van der Waals surface area contributed by atoms with E-state index < -0.39 is 0 Å². The number of hydrogen-bond donors (Lipinski definition) is 0. The van der Waals surface area contributed by atoms with Crippen LogP contribution in [0.3, 0.4) is 0 Å². The van der Waals surface area contributed by atoms with Gasteiger partial charge in [0.05, 0.1) is 0 Å². The van der Waals surface area contributed by atoms with Gasteiger partial charge in [0.1, 0.15) is 0 Å². The molecule has 0 amide bonds. The Morgan fingerprint density at radius 2 is 1.85 bits per heavy atom. The van der Waals surface area contributed by atoms with Crippen molar-refractivity contribution >= 4 is 0 Å². The van der Waals surface area contributed by atoms with Gasteiger partial charge in [0, 0.05) is 0 Å². The van der Waals surface area contributed by atoms with Gasteiger partial charge in [-0.05, 0) is 24.7 Å². The molecule has 0 heteroatoms. The quantitative estimate of drug-likeness (QED) is 0.556. The van der Waals surface area contributed by atoms with Gasteiger partial charge in [-0.15, -0.1) is 0 Å². The molecule has 0 heterocycles. The summed E-state index contributed by atoms with van der Waals surface area (Å²) in [5.74, 6) is 1.77. The van der Waals surface area contributed by atoms with Crippen LogP contribution in [-0.2, 0) is 0 Å². The van der Waals surface area contributed by atoms with Gasteiger partial charge in [0.2, 0.25) is 0 Å². The lowest BCUT2D eigenvalue weighted by atomic mass is 9.86. The van der Waals surface area contributed by atoms with Crippen molar-refractivity contribution in [2.45, 2.75) is 58.8 Å². The van der Waals surface area contributed by atoms with E-state index >= 15 is 0 Å². The second-order valence-electron chi connectivity index (χ2n) is 4.75. The smallest absolute Gasteiger partial charge is 0.0290 e. The highest BCUT2D eigenvalue weighted by Crippen LogP contribution is 2.27. The van der Waals surface area contributed by atoms with E-state index in [2.05, 4.69) is 26.0 Å². The highest BCUT2D eigenvalue weighted by atomic mass is 14.2. The molecule has 1 aliphatic rings. The van der Waals surface area contributed by atoms with Crippen molar-refractivity contribution in [2.24, 2.45) is 11.8 Å². The summed E-state index contributed by atoms with van der Waals surface area (Å²) >= 11 is 0. The molecule has 0 spiro atoms.